The minimum Gasteiger partial charge on any atom is -0.481 e. The van der Waals surface area contributed by atoms with E-state index in [1.54, 1.807) is 4.90 Å². The molecule has 5 heteroatoms. The average Bonchev–Trinajstić information content (AvgIpc) is 2.93. The third-order valence-corrected chi connectivity index (χ3v) is 4.63. The van der Waals surface area contributed by atoms with Crippen molar-refractivity contribution >= 4 is 12.0 Å². The highest BCUT2D eigenvalue weighted by Gasteiger charge is 2.42. The summed E-state index contributed by atoms with van der Waals surface area (Å²) in [5.74, 6) is -0.742. The topological polar surface area (TPSA) is 60.9 Å². The molecular weight excluding hydrogens is 244 g/mol. The van der Waals surface area contributed by atoms with E-state index in [-0.39, 0.29) is 12.1 Å². The molecule has 0 aromatic rings. The molecule has 5 nitrogen and oxygen atoms in total. The van der Waals surface area contributed by atoms with Gasteiger partial charge in [0.1, 0.15) is 0 Å². The first kappa shape index (κ1) is 14.2. The quantitative estimate of drug-likeness (QED) is 0.833. The van der Waals surface area contributed by atoms with Crippen LogP contribution in [-0.2, 0) is 4.79 Å². The molecule has 0 aromatic heterocycles. The summed E-state index contributed by atoms with van der Waals surface area (Å²) >= 11 is 0. The second kappa shape index (κ2) is 5.39. The zero-order valence-corrected chi connectivity index (χ0v) is 12.0. The summed E-state index contributed by atoms with van der Waals surface area (Å²) in [6, 6.07) is 0.148. The van der Waals surface area contributed by atoms with Crippen molar-refractivity contribution in [3.8, 4) is 0 Å². The van der Waals surface area contributed by atoms with Gasteiger partial charge >= 0.3 is 12.0 Å². The van der Waals surface area contributed by atoms with Gasteiger partial charge in [0.15, 0.2) is 0 Å². The van der Waals surface area contributed by atoms with Crippen LogP contribution in [0.5, 0.6) is 0 Å². The number of aliphatic carboxylic acids is 1. The van der Waals surface area contributed by atoms with Crippen molar-refractivity contribution in [2.24, 2.45) is 11.8 Å². The first-order chi connectivity index (χ1) is 8.93. The fourth-order valence-electron chi connectivity index (χ4n) is 3.43. The molecule has 0 spiro atoms. The number of likely N-dealkylation sites (tertiary alicyclic amines) is 2. The molecule has 2 fully saturated rings. The number of carboxylic acids is 1. The normalized spacial score (nSPS) is 31.3. The van der Waals surface area contributed by atoms with Crippen LogP contribution in [0.15, 0.2) is 0 Å². The van der Waals surface area contributed by atoms with Crippen LogP contribution >= 0.6 is 0 Å². The van der Waals surface area contributed by atoms with E-state index < -0.39 is 11.9 Å². The number of carboxylic acid groups (broad SMARTS) is 1. The molecular formula is C14H24N2O3. The SMILES string of the molecule is CC(C)C1CCCN1C(=O)N1CCC(C(=O)O)C1C. The molecule has 3 unspecified atom stereocenters. The first-order valence-corrected chi connectivity index (χ1v) is 7.23. The number of hydrogen-bond donors (Lipinski definition) is 1. The zero-order valence-electron chi connectivity index (χ0n) is 12.0. The lowest BCUT2D eigenvalue weighted by atomic mass is 10.0. The van der Waals surface area contributed by atoms with Gasteiger partial charge in [0, 0.05) is 25.2 Å². The van der Waals surface area contributed by atoms with E-state index in [1.807, 2.05) is 11.8 Å². The second-order valence-electron chi connectivity index (χ2n) is 6.10. The van der Waals surface area contributed by atoms with Crippen LogP contribution in [0.4, 0.5) is 4.79 Å². The highest BCUT2D eigenvalue weighted by Crippen LogP contribution is 2.30. The third kappa shape index (κ3) is 2.55. The molecule has 2 saturated heterocycles. The number of hydrogen-bond acceptors (Lipinski definition) is 2. The Kier molecular flexibility index (Phi) is 4.02. The van der Waals surface area contributed by atoms with Crippen molar-refractivity contribution in [1.82, 2.24) is 9.80 Å². The Morgan fingerprint density at radius 3 is 2.37 bits per heavy atom. The van der Waals surface area contributed by atoms with Gasteiger partial charge in [-0.15, -0.1) is 0 Å². The number of carbonyl (C=O) groups excluding carboxylic acids is 1. The highest BCUT2D eigenvalue weighted by atomic mass is 16.4. The predicted octanol–water partition coefficient (Wildman–Crippen LogP) is 2.02. The van der Waals surface area contributed by atoms with Crippen LogP contribution < -0.4 is 0 Å². The number of carbonyl (C=O) groups is 2. The Bertz CT molecular complexity index is 370. The summed E-state index contributed by atoms with van der Waals surface area (Å²) in [5, 5.41) is 9.14. The van der Waals surface area contributed by atoms with Crippen molar-refractivity contribution in [3.05, 3.63) is 0 Å². The molecule has 0 radical (unpaired) electrons. The molecule has 2 aliphatic rings. The minimum absolute atomic E-state index is 0.0347. The van der Waals surface area contributed by atoms with Crippen molar-refractivity contribution in [2.45, 2.75) is 52.1 Å². The minimum atomic E-state index is -0.787. The molecule has 19 heavy (non-hydrogen) atoms. The Morgan fingerprint density at radius 1 is 1.16 bits per heavy atom. The van der Waals surface area contributed by atoms with E-state index in [2.05, 4.69) is 13.8 Å². The van der Waals surface area contributed by atoms with Crippen molar-refractivity contribution in [2.75, 3.05) is 13.1 Å². The molecule has 0 bridgehead atoms. The summed E-state index contributed by atoms with van der Waals surface area (Å²) < 4.78 is 0. The van der Waals surface area contributed by atoms with E-state index in [0.29, 0.717) is 24.9 Å². The Labute approximate surface area is 114 Å². The zero-order chi connectivity index (χ0) is 14.2. The Hall–Kier alpha value is -1.26. The van der Waals surface area contributed by atoms with Crippen LogP contribution in [0.3, 0.4) is 0 Å². The first-order valence-electron chi connectivity index (χ1n) is 7.23. The van der Waals surface area contributed by atoms with Gasteiger partial charge in [0.25, 0.3) is 0 Å². The van der Waals surface area contributed by atoms with Gasteiger partial charge in [-0.2, -0.15) is 0 Å². The van der Waals surface area contributed by atoms with Crippen molar-refractivity contribution in [1.29, 1.82) is 0 Å². The van der Waals surface area contributed by atoms with Gasteiger partial charge in [0.05, 0.1) is 5.92 Å². The van der Waals surface area contributed by atoms with Crippen molar-refractivity contribution in [3.63, 3.8) is 0 Å². The molecule has 0 aliphatic carbocycles. The summed E-state index contributed by atoms with van der Waals surface area (Å²) in [6.45, 7) is 7.51. The predicted molar refractivity (Wildman–Crippen MR) is 71.9 cm³/mol. The summed E-state index contributed by atoms with van der Waals surface area (Å²) in [5.41, 5.74) is 0. The maximum Gasteiger partial charge on any atom is 0.320 e. The number of urea groups is 1. The Balaban J connectivity index is 2.06. The van der Waals surface area contributed by atoms with Crippen LogP contribution in [0, 0.1) is 11.8 Å². The van der Waals surface area contributed by atoms with Crippen molar-refractivity contribution < 1.29 is 14.7 Å². The molecule has 2 aliphatic heterocycles. The number of nitrogens with zero attached hydrogens (tertiary/aromatic N) is 2. The highest BCUT2D eigenvalue weighted by molar-refractivity contribution is 5.78. The molecule has 0 aromatic carbocycles. The van der Waals surface area contributed by atoms with Crippen LogP contribution in [0.25, 0.3) is 0 Å². The lowest BCUT2D eigenvalue weighted by Crippen LogP contribution is -2.49. The molecule has 0 saturated carbocycles. The van der Waals surface area contributed by atoms with E-state index in [1.165, 1.54) is 0 Å². The fraction of sp³-hybridized carbons (Fsp3) is 0.857. The smallest absolute Gasteiger partial charge is 0.320 e. The molecule has 1 N–H and O–H groups in total. The van der Waals surface area contributed by atoms with Crippen LogP contribution in [0.1, 0.15) is 40.0 Å². The molecule has 2 rings (SSSR count). The summed E-state index contributed by atoms with van der Waals surface area (Å²) in [6.07, 6.45) is 2.69. The molecule has 2 amide bonds. The van der Waals surface area contributed by atoms with E-state index in [9.17, 15) is 9.59 Å². The van der Waals surface area contributed by atoms with Gasteiger partial charge in [-0.05, 0) is 32.1 Å². The molecule has 108 valence electrons. The third-order valence-electron chi connectivity index (χ3n) is 4.63. The maximum atomic E-state index is 12.6. The average molecular weight is 268 g/mol. The lowest BCUT2D eigenvalue weighted by Gasteiger charge is -2.33. The van der Waals surface area contributed by atoms with Gasteiger partial charge in [-0.1, -0.05) is 13.8 Å². The van der Waals surface area contributed by atoms with Gasteiger partial charge in [0.2, 0.25) is 0 Å². The summed E-state index contributed by atoms with van der Waals surface area (Å²) in [7, 11) is 0. The Morgan fingerprint density at radius 2 is 1.84 bits per heavy atom. The van der Waals surface area contributed by atoms with E-state index in [4.69, 9.17) is 5.11 Å². The van der Waals surface area contributed by atoms with Gasteiger partial charge < -0.3 is 14.9 Å². The molecule has 2 heterocycles. The van der Waals surface area contributed by atoms with E-state index in [0.717, 1.165) is 19.4 Å². The van der Waals surface area contributed by atoms with Crippen LogP contribution in [0.2, 0.25) is 0 Å². The lowest BCUT2D eigenvalue weighted by molar-refractivity contribution is -0.142. The maximum absolute atomic E-state index is 12.6. The van der Waals surface area contributed by atoms with Crippen LogP contribution in [-0.4, -0.2) is 52.1 Å². The van der Waals surface area contributed by atoms with E-state index >= 15 is 0 Å². The number of amides is 2. The number of rotatable bonds is 2. The van der Waals surface area contributed by atoms with Gasteiger partial charge in [-0.3, -0.25) is 4.79 Å². The largest absolute Gasteiger partial charge is 0.481 e. The summed E-state index contributed by atoms with van der Waals surface area (Å²) in [4.78, 5) is 27.4. The monoisotopic (exact) mass is 268 g/mol. The standard InChI is InChI=1S/C14H24N2O3/c1-9(2)12-5-4-7-16(12)14(19)15-8-6-11(10(15)3)13(17)18/h9-12H,4-8H2,1-3H3,(H,17,18). The second-order valence-corrected chi connectivity index (χ2v) is 6.10. The molecule has 3 atom stereocenters. The fourth-order valence-corrected chi connectivity index (χ4v) is 3.43. The van der Waals surface area contributed by atoms with Gasteiger partial charge in [-0.25, -0.2) is 4.79 Å².